The number of rotatable bonds is 3. The third-order valence-electron chi connectivity index (χ3n) is 5.04. The van der Waals surface area contributed by atoms with Crippen molar-refractivity contribution in [3.63, 3.8) is 0 Å². The third-order valence-corrected chi connectivity index (χ3v) is 5.76. The molecule has 0 bridgehead atoms. The molecule has 5 nitrogen and oxygen atoms in total. The zero-order chi connectivity index (χ0) is 18.3. The van der Waals surface area contributed by atoms with Gasteiger partial charge in [0.2, 0.25) is 5.91 Å². The lowest BCUT2D eigenvalue weighted by Gasteiger charge is -2.39. The third kappa shape index (κ3) is 3.27. The zero-order valence-corrected chi connectivity index (χ0v) is 15.7. The highest BCUT2D eigenvalue weighted by molar-refractivity contribution is 6.43. The molecule has 1 fully saturated rings. The Labute approximate surface area is 156 Å². The molecule has 0 N–H and O–H groups in total. The highest BCUT2D eigenvalue weighted by Gasteiger charge is 2.37. The van der Waals surface area contributed by atoms with Gasteiger partial charge in [-0.2, -0.15) is 0 Å². The van der Waals surface area contributed by atoms with Gasteiger partial charge in [-0.25, -0.2) is 0 Å². The van der Waals surface area contributed by atoms with Crippen LogP contribution in [-0.4, -0.2) is 46.1 Å². The lowest BCUT2D eigenvalue weighted by molar-refractivity contribution is -0.137. The van der Waals surface area contributed by atoms with Gasteiger partial charge in [0.15, 0.2) is 0 Å². The second-order valence-corrected chi connectivity index (χ2v) is 7.57. The average molecular weight is 383 g/mol. The molecule has 0 saturated carbocycles. The number of carbonyl (C=O) groups is 3. The Balaban J connectivity index is 1.71. The topological polar surface area (TPSA) is 57.7 Å². The zero-order valence-electron chi connectivity index (χ0n) is 14.2. The fraction of sp³-hybridized carbons (Fsp3) is 0.500. The molecule has 1 aromatic carbocycles. The van der Waals surface area contributed by atoms with Crippen LogP contribution in [0.15, 0.2) is 12.1 Å². The van der Waals surface area contributed by atoms with Gasteiger partial charge in [-0.1, -0.05) is 23.2 Å². The minimum absolute atomic E-state index is 0.0210. The van der Waals surface area contributed by atoms with Crippen molar-refractivity contribution in [2.45, 2.75) is 51.6 Å². The van der Waals surface area contributed by atoms with Gasteiger partial charge >= 0.3 is 0 Å². The summed E-state index contributed by atoms with van der Waals surface area (Å²) in [5.74, 6) is -0.871. The summed E-state index contributed by atoms with van der Waals surface area (Å²) in [6, 6.07) is 3.21. The van der Waals surface area contributed by atoms with Crippen LogP contribution in [0.1, 0.15) is 60.2 Å². The predicted octanol–water partition coefficient (Wildman–Crippen LogP) is 3.77. The fourth-order valence-electron chi connectivity index (χ4n) is 3.74. The van der Waals surface area contributed by atoms with Gasteiger partial charge in [0.1, 0.15) is 0 Å². The summed E-state index contributed by atoms with van der Waals surface area (Å²) in [4.78, 5) is 40.5. The minimum atomic E-state index is -0.425. The van der Waals surface area contributed by atoms with Crippen molar-refractivity contribution in [3.8, 4) is 0 Å². The van der Waals surface area contributed by atoms with Crippen LogP contribution in [0.4, 0.5) is 0 Å². The van der Waals surface area contributed by atoms with Crippen LogP contribution in [0.3, 0.4) is 0 Å². The quantitative estimate of drug-likeness (QED) is 0.747. The number of fused-ring (bicyclic) bond motifs is 1. The van der Waals surface area contributed by atoms with E-state index in [0.29, 0.717) is 0 Å². The second-order valence-electron chi connectivity index (χ2n) is 6.75. The van der Waals surface area contributed by atoms with Gasteiger partial charge in [-0.15, -0.1) is 0 Å². The van der Waals surface area contributed by atoms with Gasteiger partial charge in [0.05, 0.1) is 21.2 Å². The molecule has 3 rings (SSSR count). The summed E-state index contributed by atoms with van der Waals surface area (Å²) in [5.41, 5.74) is 0.484. The van der Waals surface area contributed by atoms with E-state index >= 15 is 0 Å². The molecule has 0 unspecified atom stereocenters. The molecule has 3 amide bonds. The van der Waals surface area contributed by atoms with Crippen molar-refractivity contribution in [2.24, 2.45) is 0 Å². The maximum atomic E-state index is 12.6. The number of nitrogens with zero attached hydrogens (tertiary/aromatic N) is 2. The van der Waals surface area contributed by atoms with Gasteiger partial charge in [0.25, 0.3) is 11.8 Å². The largest absolute Gasteiger partial charge is 0.337 e. The van der Waals surface area contributed by atoms with Gasteiger partial charge in [-0.3, -0.25) is 19.3 Å². The first kappa shape index (κ1) is 18.2. The van der Waals surface area contributed by atoms with Crippen LogP contribution in [-0.2, 0) is 4.79 Å². The monoisotopic (exact) mass is 382 g/mol. The Morgan fingerprint density at radius 2 is 1.52 bits per heavy atom. The molecule has 0 aliphatic carbocycles. The Bertz CT molecular complexity index is 699. The average Bonchev–Trinajstić information content (AvgIpc) is 2.77. The smallest absolute Gasteiger partial charge is 0.261 e. The van der Waals surface area contributed by atoms with Gasteiger partial charge < -0.3 is 4.90 Å². The molecule has 1 saturated heterocycles. The van der Waals surface area contributed by atoms with E-state index < -0.39 is 11.8 Å². The molecule has 2 heterocycles. The van der Waals surface area contributed by atoms with Crippen molar-refractivity contribution in [1.82, 2.24) is 9.80 Å². The molecule has 134 valence electrons. The van der Waals surface area contributed by atoms with E-state index in [0.717, 1.165) is 24.2 Å². The maximum Gasteiger partial charge on any atom is 0.261 e. The molecule has 2 atom stereocenters. The lowest BCUT2D eigenvalue weighted by atomic mass is 9.97. The van der Waals surface area contributed by atoms with E-state index in [4.69, 9.17) is 23.2 Å². The normalized spacial score (nSPS) is 23.2. The summed E-state index contributed by atoms with van der Waals surface area (Å²) in [5, 5.41) is 0.464. The molecule has 2 aliphatic heterocycles. The minimum Gasteiger partial charge on any atom is -0.337 e. The van der Waals surface area contributed by atoms with E-state index in [-0.39, 0.29) is 52.1 Å². The van der Waals surface area contributed by atoms with E-state index in [2.05, 4.69) is 0 Å². The van der Waals surface area contributed by atoms with Crippen molar-refractivity contribution in [2.75, 3.05) is 6.54 Å². The molecule has 0 aromatic heterocycles. The van der Waals surface area contributed by atoms with Crippen molar-refractivity contribution in [1.29, 1.82) is 0 Å². The van der Waals surface area contributed by atoms with E-state index in [1.54, 1.807) is 0 Å². The molecule has 0 radical (unpaired) electrons. The Hall–Kier alpha value is -1.59. The van der Waals surface area contributed by atoms with Crippen LogP contribution in [0.25, 0.3) is 0 Å². The summed E-state index contributed by atoms with van der Waals surface area (Å²) >= 11 is 11.9. The van der Waals surface area contributed by atoms with Crippen molar-refractivity contribution < 1.29 is 14.4 Å². The summed E-state index contributed by atoms with van der Waals surface area (Å²) < 4.78 is 0. The molecule has 25 heavy (non-hydrogen) atoms. The van der Waals surface area contributed by atoms with Gasteiger partial charge in [0, 0.05) is 25.0 Å². The number of hydrogen-bond donors (Lipinski definition) is 0. The van der Waals surface area contributed by atoms with Crippen LogP contribution < -0.4 is 0 Å². The number of hydrogen-bond acceptors (Lipinski definition) is 3. The van der Waals surface area contributed by atoms with Crippen LogP contribution in [0.2, 0.25) is 10.0 Å². The van der Waals surface area contributed by atoms with Crippen LogP contribution in [0.5, 0.6) is 0 Å². The van der Waals surface area contributed by atoms with Crippen molar-refractivity contribution in [3.05, 3.63) is 33.3 Å². The first-order chi connectivity index (χ1) is 11.8. The summed E-state index contributed by atoms with van der Waals surface area (Å²) in [6.45, 7) is 4.15. The SMILES string of the molecule is C[C@H]1CCC[C@H](C)N1C(=O)CCN1C(=O)c2cc(Cl)c(Cl)cc2C1=O. The molecule has 0 spiro atoms. The van der Waals surface area contributed by atoms with Crippen LogP contribution in [0, 0.1) is 0 Å². The van der Waals surface area contributed by atoms with E-state index in [1.165, 1.54) is 12.1 Å². The van der Waals surface area contributed by atoms with E-state index in [1.807, 2.05) is 18.7 Å². The number of amides is 3. The highest BCUT2D eigenvalue weighted by atomic mass is 35.5. The first-order valence-electron chi connectivity index (χ1n) is 8.47. The molecular weight excluding hydrogens is 363 g/mol. The number of carbonyl (C=O) groups excluding carboxylic acids is 3. The van der Waals surface area contributed by atoms with E-state index in [9.17, 15) is 14.4 Å². The van der Waals surface area contributed by atoms with Gasteiger partial charge in [-0.05, 0) is 45.2 Å². The molecule has 7 heteroatoms. The number of likely N-dealkylation sites (tertiary alicyclic amines) is 1. The standard InChI is InChI=1S/C18H20Cl2N2O3/c1-10-4-3-5-11(2)22(10)16(23)6-7-21-17(24)12-8-14(19)15(20)9-13(12)18(21)25/h8-11H,3-7H2,1-2H3/t10-,11-/m0/s1. The highest BCUT2D eigenvalue weighted by Crippen LogP contribution is 2.31. The number of benzene rings is 1. The van der Waals surface area contributed by atoms with Crippen LogP contribution >= 0.6 is 23.2 Å². The first-order valence-corrected chi connectivity index (χ1v) is 9.23. The molecular formula is C18H20Cl2N2O3. The number of imide groups is 1. The molecule has 1 aromatic rings. The fourth-order valence-corrected chi connectivity index (χ4v) is 4.06. The Kier molecular flexibility index (Phi) is 5.07. The summed E-state index contributed by atoms with van der Waals surface area (Å²) in [7, 11) is 0. The maximum absolute atomic E-state index is 12.6. The number of halogens is 2. The Morgan fingerprint density at radius 3 is 2.00 bits per heavy atom. The molecule has 2 aliphatic rings. The Morgan fingerprint density at radius 1 is 1.04 bits per heavy atom. The number of piperidine rings is 1. The second kappa shape index (κ2) is 6.96. The lowest BCUT2D eigenvalue weighted by Crippen LogP contribution is -2.48. The van der Waals surface area contributed by atoms with Crippen molar-refractivity contribution >= 4 is 40.9 Å². The summed E-state index contributed by atoms with van der Waals surface area (Å²) in [6.07, 6.45) is 3.22. The predicted molar refractivity (Wildman–Crippen MR) is 96.1 cm³/mol.